The van der Waals surface area contributed by atoms with Crippen LogP contribution >= 0.6 is 0 Å². The number of aryl methyl sites for hydroxylation is 1. The maximum absolute atomic E-state index is 12.0. The Morgan fingerprint density at radius 3 is 2.39 bits per heavy atom. The highest BCUT2D eigenvalue weighted by Gasteiger charge is 2.20. The van der Waals surface area contributed by atoms with E-state index in [1.807, 2.05) is 44.5 Å². The highest BCUT2D eigenvalue weighted by atomic mass is 16.6. The number of nitrogen functional groups attached to an aromatic ring is 1. The molecule has 28 heavy (non-hydrogen) atoms. The number of amides is 1. The first-order valence-electron chi connectivity index (χ1n) is 10.0. The molecule has 0 aliphatic rings. The van der Waals surface area contributed by atoms with Crippen molar-refractivity contribution in [2.75, 3.05) is 5.73 Å². The summed E-state index contributed by atoms with van der Waals surface area (Å²) in [5.74, 6) is 0. The lowest BCUT2D eigenvalue weighted by Gasteiger charge is -2.22. The van der Waals surface area contributed by atoms with E-state index in [0.717, 1.165) is 30.6 Å². The number of rotatable bonds is 7. The molecule has 0 spiro atoms. The Kier molecular flexibility index (Phi) is 7.11. The van der Waals surface area contributed by atoms with Crippen LogP contribution in [-0.2, 0) is 30.5 Å². The minimum atomic E-state index is -0.508. The normalized spacial score (nSPS) is 12.6. The van der Waals surface area contributed by atoms with E-state index in [9.17, 15) is 4.79 Å². The van der Waals surface area contributed by atoms with Gasteiger partial charge >= 0.3 is 6.09 Å². The fourth-order valence-electron chi connectivity index (χ4n) is 3.28. The molecule has 0 aliphatic heterocycles. The average Bonchev–Trinajstić information content (AvgIpc) is 2.91. The van der Waals surface area contributed by atoms with Gasteiger partial charge in [0.05, 0.1) is 12.2 Å². The molecule has 0 fully saturated rings. The van der Waals surface area contributed by atoms with Crippen LogP contribution < -0.4 is 11.1 Å². The summed E-state index contributed by atoms with van der Waals surface area (Å²) in [5.41, 5.74) is 10.9. The lowest BCUT2D eigenvalue weighted by molar-refractivity contribution is 0.0503. The minimum Gasteiger partial charge on any atom is -0.444 e. The van der Waals surface area contributed by atoms with Gasteiger partial charge in [0, 0.05) is 29.4 Å². The van der Waals surface area contributed by atoms with Crippen molar-refractivity contribution < 1.29 is 9.53 Å². The molecule has 3 N–H and O–H groups in total. The van der Waals surface area contributed by atoms with E-state index in [-0.39, 0.29) is 6.04 Å². The molecule has 1 atom stereocenters. The predicted octanol–water partition coefficient (Wildman–Crippen LogP) is 4.09. The number of carbonyl (C=O) groups is 1. The van der Waals surface area contributed by atoms with Crippen molar-refractivity contribution in [3.05, 3.63) is 46.8 Å². The zero-order chi connectivity index (χ0) is 20.9. The van der Waals surface area contributed by atoms with Gasteiger partial charge in [-0.15, -0.1) is 0 Å². The summed E-state index contributed by atoms with van der Waals surface area (Å²) in [5, 5.41) is 7.74. The zero-order valence-electron chi connectivity index (χ0n) is 18.0. The molecule has 1 aromatic heterocycles. The fraction of sp³-hybridized carbons (Fsp3) is 0.545. The van der Waals surface area contributed by atoms with Crippen LogP contribution in [0.3, 0.4) is 0 Å². The zero-order valence-corrected chi connectivity index (χ0v) is 18.0. The van der Waals surface area contributed by atoms with Gasteiger partial charge in [0.15, 0.2) is 0 Å². The highest BCUT2D eigenvalue weighted by Crippen LogP contribution is 2.21. The Morgan fingerprint density at radius 1 is 1.21 bits per heavy atom. The molecular formula is C22H34N4O2. The predicted molar refractivity (Wildman–Crippen MR) is 113 cm³/mol. The molecule has 2 aromatic rings. The number of nitrogens with one attached hydrogen (secondary N) is 1. The number of ether oxygens (including phenoxy) is 1. The molecule has 0 saturated heterocycles. The first-order valence-corrected chi connectivity index (χ1v) is 10.0. The van der Waals surface area contributed by atoms with Crippen LogP contribution in [0.4, 0.5) is 10.5 Å². The van der Waals surface area contributed by atoms with Crippen LogP contribution in [0.1, 0.15) is 64.1 Å². The number of aromatic nitrogens is 2. The molecule has 0 unspecified atom stereocenters. The molecule has 6 nitrogen and oxygen atoms in total. The van der Waals surface area contributed by atoms with Crippen molar-refractivity contribution >= 4 is 11.8 Å². The third-order valence-corrected chi connectivity index (χ3v) is 4.49. The van der Waals surface area contributed by atoms with Crippen LogP contribution in [0.25, 0.3) is 0 Å². The van der Waals surface area contributed by atoms with Gasteiger partial charge in [-0.3, -0.25) is 4.68 Å². The lowest BCUT2D eigenvalue weighted by atomic mass is 10.0. The van der Waals surface area contributed by atoms with Crippen molar-refractivity contribution in [1.82, 2.24) is 15.1 Å². The molecule has 1 aromatic carbocycles. The second-order valence-electron chi connectivity index (χ2n) is 8.23. The molecule has 0 saturated carbocycles. The van der Waals surface area contributed by atoms with Gasteiger partial charge in [-0.2, -0.15) is 5.10 Å². The van der Waals surface area contributed by atoms with Crippen LogP contribution in [0.15, 0.2) is 24.3 Å². The second-order valence-corrected chi connectivity index (χ2v) is 8.23. The summed E-state index contributed by atoms with van der Waals surface area (Å²) < 4.78 is 7.39. The maximum Gasteiger partial charge on any atom is 0.407 e. The summed E-state index contributed by atoms with van der Waals surface area (Å²) in [6.45, 7) is 12.4. The largest absolute Gasteiger partial charge is 0.444 e. The average molecular weight is 387 g/mol. The fourth-order valence-corrected chi connectivity index (χ4v) is 3.28. The Labute approximate surface area is 168 Å². The molecule has 2 rings (SSSR count). The van der Waals surface area contributed by atoms with E-state index in [4.69, 9.17) is 15.6 Å². The number of nitrogens with zero attached hydrogens (tertiary/aromatic N) is 2. The van der Waals surface area contributed by atoms with Gasteiger partial charge in [0.25, 0.3) is 0 Å². The van der Waals surface area contributed by atoms with Crippen LogP contribution in [0, 0.1) is 0 Å². The second kappa shape index (κ2) is 9.13. The standard InChI is InChI=1S/C22H34N4O2/c1-7-19-18(13-16-9-11-17(23)12-10-16)20(8-2)26(25-19)14-15(3)24-21(27)28-22(4,5)6/h9-12,15H,7-8,13-14,23H2,1-6H3,(H,24,27)/t15-/m1/s1. The smallest absolute Gasteiger partial charge is 0.407 e. The number of alkyl carbamates (subject to hydrolysis) is 1. The third-order valence-electron chi connectivity index (χ3n) is 4.49. The molecule has 1 heterocycles. The van der Waals surface area contributed by atoms with Crippen molar-refractivity contribution in [3.63, 3.8) is 0 Å². The quantitative estimate of drug-likeness (QED) is 0.702. The van der Waals surface area contributed by atoms with Crippen molar-refractivity contribution in [2.24, 2.45) is 0 Å². The number of carbonyl (C=O) groups excluding carboxylic acids is 1. The SMILES string of the molecule is CCc1nn(C[C@@H](C)NC(=O)OC(C)(C)C)c(CC)c1Cc1ccc(N)cc1. The molecular weight excluding hydrogens is 352 g/mol. The number of anilines is 1. The number of nitrogens with two attached hydrogens (primary N) is 1. The Hall–Kier alpha value is -2.50. The summed E-state index contributed by atoms with van der Waals surface area (Å²) in [7, 11) is 0. The Bertz CT molecular complexity index is 788. The van der Waals surface area contributed by atoms with E-state index in [1.165, 1.54) is 16.8 Å². The number of hydrogen-bond acceptors (Lipinski definition) is 4. The topological polar surface area (TPSA) is 82.2 Å². The number of hydrogen-bond donors (Lipinski definition) is 2. The van der Waals surface area contributed by atoms with Gasteiger partial charge in [-0.05, 0) is 58.2 Å². The van der Waals surface area contributed by atoms with Gasteiger partial charge in [0.1, 0.15) is 5.60 Å². The monoisotopic (exact) mass is 386 g/mol. The van der Waals surface area contributed by atoms with Crippen LogP contribution in [0.2, 0.25) is 0 Å². The van der Waals surface area contributed by atoms with E-state index in [1.54, 1.807) is 0 Å². The molecule has 0 bridgehead atoms. The van der Waals surface area contributed by atoms with E-state index in [2.05, 4.69) is 31.3 Å². The van der Waals surface area contributed by atoms with Gasteiger partial charge in [-0.1, -0.05) is 26.0 Å². The summed E-state index contributed by atoms with van der Waals surface area (Å²) in [6.07, 6.45) is 2.19. The van der Waals surface area contributed by atoms with Gasteiger partial charge in [-0.25, -0.2) is 4.79 Å². The molecule has 6 heteroatoms. The summed E-state index contributed by atoms with van der Waals surface area (Å²) in [4.78, 5) is 12.0. The van der Waals surface area contributed by atoms with E-state index < -0.39 is 11.7 Å². The summed E-state index contributed by atoms with van der Waals surface area (Å²) in [6, 6.07) is 7.92. The molecule has 154 valence electrons. The number of benzene rings is 1. The van der Waals surface area contributed by atoms with Crippen LogP contribution in [0.5, 0.6) is 0 Å². The minimum absolute atomic E-state index is 0.0888. The van der Waals surface area contributed by atoms with E-state index in [0.29, 0.717) is 6.54 Å². The van der Waals surface area contributed by atoms with Crippen molar-refractivity contribution in [1.29, 1.82) is 0 Å². The Balaban J connectivity index is 2.17. The molecule has 0 radical (unpaired) electrons. The first-order chi connectivity index (χ1) is 13.1. The Morgan fingerprint density at radius 2 is 1.86 bits per heavy atom. The maximum atomic E-state index is 12.0. The van der Waals surface area contributed by atoms with E-state index >= 15 is 0 Å². The molecule has 1 amide bonds. The highest BCUT2D eigenvalue weighted by molar-refractivity contribution is 5.68. The first kappa shape index (κ1) is 21.8. The van der Waals surface area contributed by atoms with Gasteiger partial charge in [0.2, 0.25) is 0 Å². The van der Waals surface area contributed by atoms with Gasteiger partial charge < -0.3 is 15.8 Å². The summed E-state index contributed by atoms with van der Waals surface area (Å²) >= 11 is 0. The molecule has 0 aliphatic carbocycles. The van der Waals surface area contributed by atoms with Crippen LogP contribution in [-0.4, -0.2) is 27.5 Å². The van der Waals surface area contributed by atoms with Crippen molar-refractivity contribution in [2.45, 2.75) is 79.0 Å². The third kappa shape index (κ3) is 6.01. The van der Waals surface area contributed by atoms with Crippen molar-refractivity contribution in [3.8, 4) is 0 Å². The lowest BCUT2D eigenvalue weighted by Crippen LogP contribution is -2.40.